The van der Waals surface area contributed by atoms with E-state index in [0.717, 1.165) is 24.0 Å². The van der Waals surface area contributed by atoms with Crippen LogP contribution in [-0.4, -0.2) is 48.6 Å². The highest BCUT2D eigenvalue weighted by atomic mass is 32.2. The molecule has 10 heteroatoms. The minimum Gasteiger partial charge on any atom is -0.467 e. The van der Waals surface area contributed by atoms with Crippen molar-refractivity contribution in [2.75, 3.05) is 13.1 Å². The van der Waals surface area contributed by atoms with Crippen molar-refractivity contribution in [3.63, 3.8) is 0 Å². The summed E-state index contributed by atoms with van der Waals surface area (Å²) < 4.78 is 46.4. The van der Waals surface area contributed by atoms with Gasteiger partial charge in [-0.2, -0.15) is 4.31 Å². The van der Waals surface area contributed by atoms with Crippen LogP contribution in [0.5, 0.6) is 0 Å². The lowest BCUT2D eigenvalue weighted by atomic mass is 10.0. The molecule has 44 heavy (non-hydrogen) atoms. The van der Waals surface area contributed by atoms with Gasteiger partial charge in [0.1, 0.15) is 17.6 Å². The van der Waals surface area contributed by atoms with E-state index in [9.17, 15) is 22.4 Å². The Morgan fingerprint density at radius 1 is 0.864 bits per heavy atom. The van der Waals surface area contributed by atoms with E-state index in [1.54, 1.807) is 53.4 Å². The summed E-state index contributed by atoms with van der Waals surface area (Å²) in [6.45, 7) is 1.34. The number of carbonyl (C=O) groups excluding carboxylic acids is 2. The molecule has 0 saturated carbocycles. The molecule has 8 nitrogen and oxygen atoms in total. The molecule has 1 fully saturated rings. The molecule has 0 bridgehead atoms. The number of furan rings is 1. The minimum absolute atomic E-state index is 0.0934. The first-order chi connectivity index (χ1) is 21.3. The number of benzene rings is 3. The normalized spacial score (nSPS) is 14.3. The summed E-state index contributed by atoms with van der Waals surface area (Å²) in [6.07, 6.45) is 3.98. The van der Waals surface area contributed by atoms with E-state index in [-0.39, 0.29) is 48.5 Å². The molecule has 0 radical (unpaired) electrons. The van der Waals surface area contributed by atoms with Crippen molar-refractivity contribution in [2.24, 2.45) is 0 Å². The summed E-state index contributed by atoms with van der Waals surface area (Å²) >= 11 is 0. The monoisotopic (exact) mass is 617 g/mol. The van der Waals surface area contributed by atoms with Crippen molar-refractivity contribution in [1.29, 1.82) is 0 Å². The van der Waals surface area contributed by atoms with E-state index in [1.165, 1.54) is 22.7 Å². The maximum atomic E-state index is 13.9. The first-order valence-corrected chi connectivity index (χ1v) is 16.2. The zero-order valence-corrected chi connectivity index (χ0v) is 25.2. The van der Waals surface area contributed by atoms with Gasteiger partial charge in [-0.15, -0.1) is 0 Å². The fraction of sp³-hybridized carbons (Fsp3) is 0.294. The minimum atomic E-state index is -3.53. The van der Waals surface area contributed by atoms with Gasteiger partial charge in [0.2, 0.25) is 21.8 Å². The third-order valence-electron chi connectivity index (χ3n) is 7.81. The van der Waals surface area contributed by atoms with E-state index >= 15 is 0 Å². The summed E-state index contributed by atoms with van der Waals surface area (Å²) in [5.41, 5.74) is 2.38. The molecule has 2 amide bonds. The second kappa shape index (κ2) is 14.5. The number of hydrogen-bond donors (Lipinski definition) is 1. The van der Waals surface area contributed by atoms with Crippen LogP contribution in [0.15, 0.2) is 107 Å². The SMILES string of the molecule is O=C(NCc1ccco1)[C@H](Cc1ccccc1)N(Cc1ccc(F)cc1)C(=O)CCc1ccc(S(=O)(=O)N2CCCC2)cc1. The number of carbonyl (C=O) groups is 2. The Morgan fingerprint density at radius 2 is 1.55 bits per heavy atom. The fourth-order valence-corrected chi connectivity index (χ4v) is 6.86. The van der Waals surface area contributed by atoms with E-state index in [0.29, 0.717) is 30.8 Å². The average molecular weight is 618 g/mol. The quantitative estimate of drug-likeness (QED) is 0.225. The van der Waals surface area contributed by atoms with Gasteiger partial charge < -0.3 is 14.6 Å². The third-order valence-corrected chi connectivity index (χ3v) is 9.72. The predicted octanol–water partition coefficient (Wildman–Crippen LogP) is 5.09. The molecule has 4 aromatic rings. The number of nitrogens with one attached hydrogen (secondary N) is 1. The van der Waals surface area contributed by atoms with Crippen LogP contribution in [0.2, 0.25) is 0 Å². The molecule has 2 heterocycles. The molecular weight excluding hydrogens is 581 g/mol. The van der Waals surface area contributed by atoms with Crippen molar-refractivity contribution in [2.45, 2.75) is 56.1 Å². The topological polar surface area (TPSA) is 99.9 Å². The number of hydrogen-bond acceptors (Lipinski definition) is 5. The molecule has 3 aromatic carbocycles. The number of rotatable bonds is 13. The average Bonchev–Trinajstić information content (AvgIpc) is 3.78. The molecule has 0 aliphatic carbocycles. The Kier molecular flexibility index (Phi) is 10.2. The fourth-order valence-electron chi connectivity index (χ4n) is 5.35. The van der Waals surface area contributed by atoms with E-state index in [4.69, 9.17) is 4.42 Å². The molecule has 5 rings (SSSR count). The van der Waals surface area contributed by atoms with Crippen LogP contribution < -0.4 is 5.32 Å². The van der Waals surface area contributed by atoms with Crippen LogP contribution in [0.1, 0.15) is 41.7 Å². The maximum absolute atomic E-state index is 13.9. The Bertz CT molecular complexity index is 1620. The standard InChI is InChI=1S/C34H36FN3O5S/c35-29-15-10-28(11-16-29)25-38(32(23-27-7-2-1-3-8-27)34(40)36-24-30-9-6-22-43-30)33(39)19-14-26-12-17-31(18-13-26)44(41,42)37-20-4-5-21-37/h1-3,6-13,15-18,22,32H,4-5,14,19-21,23-25H2,(H,36,40)/t32-/m0/s1. The summed E-state index contributed by atoms with van der Waals surface area (Å²) in [6, 6.07) is 24.6. The molecule has 1 saturated heterocycles. The summed E-state index contributed by atoms with van der Waals surface area (Å²) in [5.74, 6) is -0.392. The number of aryl methyl sites for hydroxylation is 1. The van der Waals surface area contributed by atoms with Crippen LogP contribution in [0, 0.1) is 5.82 Å². The number of nitrogens with zero attached hydrogens (tertiary/aromatic N) is 2. The number of halogens is 1. The summed E-state index contributed by atoms with van der Waals surface area (Å²) in [7, 11) is -3.53. The van der Waals surface area contributed by atoms with Gasteiger partial charge in [-0.3, -0.25) is 9.59 Å². The predicted molar refractivity (Wildman–Crippen MR) is 164 cm³/mol. The highest BCUT2D eigenvalue weighted by molar-refractivity contribution is 7.89. The Morgan fingerprint density at radius 3 is 2.20 bits per heavy atom. The number of amides is 2. The Hall–Kier alpha value is -4.28. The van der Waals surface area contributed by atoms with Crippen LogP contribution in [0.4, 0.5) is 4.39 Å². The Labute approximate surface area is 257 Å². The highest BCUT2D eigenvalue weighted by Gasteiger charge is 2.31. The van der Waals surface area contributed by atoms with Gasteiger partial charge in [-0.25, -0.2) is 12.8 Å². The zero-order chi connectivity index (χ0) is 30.9. The number of sulfonamides is 1. The van der Waals surface area contributed by atoms with Crippen LogP contribution in [0.3, 0.4) is 0 Å². The van der Waals surface area contributed by atoms with E-state index < -0.39 is 16.1 Å². The third kappa shape index (κ3) is 8.00. The molecule has 0 spiro atoms. The van der Waals surface area contributed by atoms with Gasteiger partial charge >= 0.3 is 0 Å². The van der Waals surface area contributed by atoms with Gasteiger partial charge in [0, 0.05) is 32.5 Å². The second-order valence-corrected chi connectivity index (χ2v) is 12.8. The lowest BCUT2D eigenvalue weighted by Gasteiger charge is -2.31. The molecule has 230 valence electrons. The van der Waals surface area contributed by atoms with Crippen molar-refractivity contribution < 1.29 is 26.8 Å². The summed E-state index contributed by atoms with van der Waals surface area (Å²) in [5, 5.41) is 2.91. The van der Waals surface area contributed by atoms with Crippen molar-refractivity contribution in [3.8, 4) is 0 Å². The van der Waals surface area contributed by atoms with Gasteiger partial charge in [0.25, 0.3) is 0 Å². The largest absolute Gasteiger partial charge is 0.467 e. The lowest BCUT2D eigenvalue weighted by molar-refractivity contribution is -0.141. The zero-order valence-electron chi connectivity index (χ0n) is 24.4. The first kappa shape index (κ1) is 31.2. The molecular formula is C34H36FN3O5S. The van der Waals surface area contributed by atoms with Gasteiger partial charge in [-0.05, 0) is 72.4 Å². The molecule has 0 unspecified atom stereocenters. The van der Waals surface area contributed by atoms with Crippen molar-refractivity contribution in [3.05, 3.63) is 126 Å². The van der Waals surface area contributed by atoms with Crippen molar-refractivity contribution in [1.82, 2.24) is 14.5 Å². The molecule has 1 N–H and O–H groups in total. The Balaban J connectivity index is 1.35. The second-order valence-electron chi connectivity index (χ2n) is 10.9. The first-order valence-electron chi connectivity index (χ1n) is 14.8. The lowest BCUT2D eigenvalue weighted by Crippen LogP contribution is -2.50. The molecule has 1 aliphatic heterocycles. The van der Waals surface area contributed by atoms with E-state index in [2.05, 4.69) is 5.32 Å². The molecule has 1 aliphatic rings. The van der Waals surface area contributed by atoms with E-state index in [1.807, 2.05) is 30.3 Å². The summed E-state index contributed by atoms with van der Waals surface area (Å²) in [4.78, 5) is 29.4. The maximum Gasteiger partial charge on any atom is 0.243 e. The van der Waals surface area contributed by atoms with Gasteiger partial charge in [-0.1, -0.05) is 54.6 Å². The molecule has 1 atom stereocenters. The van der Waals surface area contributed by atoms with Gasteiger partial charge in [0.15, 0.2) is 0 Å². The van der Waals surface area contributed by atoms with Crippen LogP contribution >= 0.6 is 0 Å². The van der Waals surface area contributed by atoms with Crippen LogP contribution in [-0.2, 0) is 45.5 Å². The smallest absolute Gasteiger partial charge is 0.243 e. The highest BCUT2D eigenvalue weighted by Crippen LogP contribution is 2.22. The van der Waals surface area contributed by atoms with Crippen molar-refractivity contribution >= 4 is 21.8 Å². The van der Waals surface area contributed by atoms with Crippen LogP contribution in [0.25, 0.3) is 0 Å². The molecule has 1 aromatic heterocycles. The van der Waals surface area contributed by atoms with Gasteiger partial charge in [0.05, 0.1) is 17.7 Å².